The third-order valence-corrected chi connectivity index (χ3v) is 3.02. The number of hydrogen-bond acceptors (Lipinski definition) is 3. The quantitative estimate of drug-likeness (QED) is 0.616. The van der Waals surface area contributed by atoms with Gasteiger partial charge in [0, 0.05) is 39.4 Å². The van der Waals surface area contributed by atoms with Crippen molar-refractivity contribution in [2.24, 2.45) is 0 Å². The molecule has 0 bridgehead atoms. The lowest BCUT2D eigenvalue weighted by Crippen LogP contribution is -2.34. The Kier molecular flexibility index (Phi) is 8.68. The molecule has 0 saturated heterocycles. The molecule has 0 radical (unpaired) electrons. The summed E-state index contributed by atoms with van der Waals surface area (Å²) < 4.78 is 0. The zero-order valence-electron chi connectivity index (χ0n) is 11.7. The Bertz CT molecular complexity index is 242. The van der Waals surface area contributed by atoms with E-state index in [0.717, 1.165) is 19.6 Å². The number of carbonyl (C=O) groups excluding carboxylic acids is 2. The Balaban J connectivity index is 3.71. The summed E-state index contributed by atoms with van der Waals surface area (Å²) in [7, 11) is 3.87. The Morgan fingerprint density at radius 1 is 1.00 bits per heavy atom. The Morgan fingerprint density at radius 3 is 2.18 bits per heavy atom. The number of likely N-dealkylation sites (N-methyl/N-ethyl adjacent to an activating group) is 2. The van der Waals surface area contributed by atoms with E-state index in [1.165, 1.54) is 0 Å². The van der Waals surface area contributed by atoms with Crippen LogP contribution < -0.4 is 0 Å². The molecule has 0 atom stereocenters. The summed E-state index contributed by atoms with van der Waals surface area (Å²) in [5.41, 5.74) is 0. The van der Waals surface area contributed by atoms with E-state index in [4.69, 9.17) is 0 Å². The highest BCUT2D eigenvalue weighted by molar-refractivity contribution is 5.79. The first kappa shape index (κ1) is 16.1. The van der Waals surface area contributed by atoms with Gasteiger partial charge in [-0.1, -0.05) is 13.8 Å². The van der Waals surface area contributed by atoms with Crippen LogP contribution >= 0.6 is 0 Å². The summed E-state index contributed by atoms with van der Waals surface area (Å²) in [6.07, 6.45) is 2.27. The van der Waals surface area contributed by atoms with Crippen molar-refractivity contribution in [3.05, 3.63) is 0 Å². The maximum Gasteiger partial charge on any atom is 0.222 e. The molecule has 0 rings (SSSR count). The van der Waals surface area contributed by atoms with Gasteiger partial charge in [-0.2, -0.15) is 0 Å². The van der Waals surface area contributed by atoms with Crippen LogP contribution in [0.3, 0.4) is 0 Å². The van der Waals surface area contributed by atoms with E-state index in [9.17, 15) is 9.59 Å². The predicted molar refractivity (Wildman–Crippen MR) is 70.0 cm³/mol. The molecule has 1 amide bonds. The minimum absolute atomic E-state index is 0.137. The molecule has 0 aliphatic carbocycles. The third kappa shape index (κ3) is 7.91. The van der Waals surface area contributed by atoms with Crippen LogP contribution in [-0.2, 0) is 9.59 Å². The highest BCUT2D eigenvalue weighted by Crippen LogP contribution is 2.02. The lowest BCUT2D eigenvalue weighted by molar-refractivity contribution is -0.130. The molecule has 0 aromatic carbocycles. The second kappa shape index (κ2) is 9.16. The van der Waals surface area contributed by atoms with E-state index in [1.807, 2.05) is 21.0 Å². The molecule has 0 unspecified atom stereocenters. The summed E-state index contributed by atoms with van der Waals surface area (Å²) in [4.78, 5) is 26.7. The number of amides is 1. The molecule has 17 heavy (non-hydrogen) atoms. The van der Waals surface area contributed by atoms with Crippen LogP contribution in [0.4, 0.5) is 0 Å². The van der Waals surface area contributed by atoms with E-state index in [-0.39, 0.29) is 11.7 Å². The number of ketones is 1. The van der Waals surface area contributed by atoms with Crippen molar-refractivity contribution in [3.63, 3.8) is 0 Å². The van der Waals surface area contributed by atoms with Crippen molar-refractivity contribution in [2.45, 2.75) is 39.5 Å². The first-order chi connectivity index (χ1) is 8.01. The van der Waals surface area contributed by atoms with Crippen molar-refractivity contribution in [2.75, 3.05) is 33.7 Å². The molecule has 0 N–H and O–H groups in total. The average molecular weight is 242 g/mol. The Hall–Kier alpha value is -0.900. The van der Waals surface area contributed by atoms with Crippen LogP contribution in [0, 0.1) is 0 Å². The van der Waals surface area contributed by atoms with Gasteiger partial charge in [0.1, 0.15) is 5.78 Å². The third-order valence-electron chi connectivity index (χ3n) is 3.02. The molecular weight excluding hydrogens is 216 g/mol. The van der Waals surface area contributed by atoms with Crippen LogP contribution in [0.15, 0.2) is 0 Å². The average Bonchev–Trinajstić information content (AvgIpc) is 2.34. The summed E-state index contributed by atoms with van der Waals surface area (Å²) in [5.74, 6) is 0.379. The molecule has 0 aromatic rings. The molecule has 0 saturated carbocycles. The predicted octanol–water partition coefficient (Wildman–Crippen LogP) is 1.55. The molecule has 0 aliphatic rings. The van der Waals surface area contributed by atoms with Crippen molar-refractivity contribution in [1.82, 2.24) is 9.80 Å². The second-order valence-electron chi connectivity index (χ2n) is 4.46. The first-order valence-corrected chi connectivity index (χ1v) is 6.45. The van der Waals surface area contributed by atoms with E-state index < -0.39 is 0 Å². The monoisotopic (exact) mass is 242 g/mol. The minimum atomic E-state index is 0.137. The first-order valence-electron chi connectivity index (χ1n) is 6.45. The molecule has 0 spiro atoms. The van der Waals surface area contributed by atoms with Crippen LogP contribution in [0.25, 0.3) is 0 Å². The van der Waals surface area contributed by atoms with Crippen LogP contribution in [-0.4, -0.2) is 55.2 Å². The van der Waals surface area contributed by atoms with Gasteiger partial charge < -0.3 is 9.80 Å². The van der Waals surface area contributed by atoms with Gasteiger partial charge in [0.05, 0.1) is 0 Å². The van der Waals surface area contributed by atoms with Gasteiger partial charge in [0.2, 0.25) is 5.91 Å². The van der Waals surface area contributed by atoms with Crippen LogP contribution in [0.2, 0.25) is 0 Å². The maximum atomic E-state index is 11.7. The molecular formula is C13H26N2O2. The molecule has 100 valence electrons. The van der Waals surface area contributed by atoms with Crippen molar-refractivity contribution >= 4 is 11.7 Å². The van der Waals surface area contributed by atoms with Crippen molar-refractivity contribution in [3.8, 4) is 0 Å². The fourth-order valence-electron chi connectivity index (χ4n) is 1.41. The minimum Gasteiger partial charge on any atom is -0.344 e. The van der Waals surface area contributed by atoms with E-state index >= 15 is 0 Å². The zero-order valence-corrected chi connectivity index (χ0v) is 11.7. The fourth-order valence-corrected chi connectivity index (χ4v) is 1.41. The summed E-state index contributed by atoms with van der Waals surface area (Å²) in [6, 6.07) is 0. The number of carbonyl (C=O) groups is 2. The van der Waals surface area contributed by atoms with E-state index in [1.54, 1.807) is 4.90 Å². The number of rotatable bonds is 9. The highest BCUT2D eigenvalue weighted by Gasteiger charge is 2.09. The van der Waals surface area contributed by atoms with E-state index in [0.29, 0.717) is 25.7 Å². The zero-order chi connectivity index (χ0) is 13.3. The molecule has 0 heterocycles. The molecule has 4 heteroatoms. The largest absolute Gasteiger partial charge is 0.344 e. The number of nitrogens with zero attached hydrogens (tertiary/aromatic N) is 2. The fraction of sp³-hybridized carbons (Fsp3) is 0.846. The van der Waals surface area contributed by atoms with Gasteiger partial charge in [-0.3, -0.25) is 9.59 Å². The summed E-state index contributed by atoms with van der Waals surface area (Å²) in [6.45, 7) is 6.60. The van der Waals surface area contributed by atoms with E-state index in [2.05, 4.69) is 11.8 Å². The van der Waals surface area contributed by atoms with Gasteiger partial charge in [0.15, 0.2) is 0 Å². The SMILES string of the molecule is CCC(=O)CCCC(=O)N(C)CCN(C)CC. The van der Waals surface area contributed by atoms with Gasteiger partial charge in [-0.25, -0.2) is 0 Å². The Labute approximate surface area is 105 Å². The lowest BCUT2D eigenvalue weighted by Gasteiger charge is -2.21. The van der Waals surface area contributed by atoms with Crippen LogP contribution in [0.5, 0.6) is 0 Å². The summed E-state index contributed by atoms with van der Waals surface area (Å²) >= 11 is 0. The molecule has 0 aliphatic heterocycles. The molecule has 0 fully saturated rings. The Morgan fingerprint density at radius 2 is 1.65 bits per heavy atom. The standard InChI is InChI=1S/C13H26N2O2/c1-5-12(16)8-7-9-13(17)15(4)11-10-14(3)6-2/h5-11H2,1-4H3. The van der Waals surface area contributed by atoms with Gasteiger partial charge >= 0.3 is 0 Å². The lowest BCUT2D eigenvalue weighted by atomic mass is 10.1. The molecule has 4 nitrogen and oxygen atoms in total. The van der Waals surface area contributed by atoms with Gasteiger partial charge in [0.25, 0.3) is 0 Å². The second-order valence-corrected chi connectivity index (χ2v) is 4.46. The molecule has 0 aromatic heterocycles. The highest BCUT2D eigenvalue weighted by atomic mass is 16.2. The van der Waals surface area contributed by atoms with Gasteiger partial charge in [-0.05, 0) is 20.0 Å². The number of hydrogen-bond donors (Lipinski definition) is 0. The number of Topliss-reactive ketones (excluding diaryl/α,β-unsaturated/α-hetero) is 1. The summed E-state index contributed by atoms with van der Waals surface area (Å²) in [5, 5.41) is 0. The normalized spacial score (nSPS) is 10.6. The van der Waals surface area contributed by atoms with Crippen LogP contribution in [0.1, 0.15) is 39.5 Å². The maximum absolute atomic E-state index is 11.7. The smallest absolute Gasteiger partial charge is 0.222 e. The van der Waals surface area contributed by atoms with Gasteiger partial charge in [-0.15, -0.1) is 0 Å². The van der Waals surface area contributed by atoms with Crippen molar-refractivity contribution < 1.29 is 9.59 Å². The topological polar surface area (TPSA) is 40.6 Å². The van der Waals surface area contributed by atoms with Crippen molar-refractivity contribution in [1.29, 1.82) is 0 Å².